The minimum atomic E-state index is 0.114. The highest BCUT2D eigenvalue weighted by Crippen LogP contribution is 2.28. The zero-order valence-corrected chi connectivity index (χ0v) is 11.6. The summed E-state index contributed by atoms with van der Waals surface area (Å²) >= 11 is 0. The molecule has 0 aromatic rings. The van der Waals surface area contributed by atoms with Gasteiger partial charge < -0.3 is 9.47 Å². The Morgan fingerprint density at radius 2 is 2.06 bits per heavy atom. The third kappa shape index (κ3) is 4.76. The van der Waals surface area contributed by atoms with Gasteiger partial charge in [-0.3, -0.25) is 4.79 Å². The molecule has 3 nitrogen and oxygen atoms in total. The lowest BCUT2D eigenvalue weighted by Crippen LogP contribution is -2.38. The van der Waals surface area contributed by atoms with E-state index in [2.05, 4.69) is 20.8 Å². The van der Waals surface area contributed by atoms with Crippen molar-refractivity contribution in [1.29, 1.82) is 0 Å². The van der Waals surface area contributed by atoms with E-state index in [1.165, 1.54) is 0 Å². The monoisotopic (exact) mass is 242 g/mol. The molecule has 1 fully saturated rings. The van der Waals surface area contributed by atoms with E-state index in [-0.39, 0.29) is 18.1 Å². The zero-order chi connectivity index (χ0) is 12.8. The molecular weight excluding hydrogens is 216 g/mol. The van der Waals surface area contributed by atoms with E-state index in [1.54, 1.807) is 7.11 Å². The molecular formula is C14H26O3. The molecule has 17 heavy (non-hydrogen) atoms. The van der Waals surface area contributed by atoms with Crippen LogP contribution in [-0.4, -0.2) is 31.7 Å². The molecule has 1 aliphatic rings. The lowest BCUT2D eigenvalue weighted by molar-refractivity contribution is -0.130. The van der Waals surface area contributed by atoms with Crippen LogP contribution in [0.4, 0.5) is 0 Å². The Kier molecular flexibility index (Phi) is 6.14. The molecule has 3 unspecified atom stereocenters. The van der Waals surface area contributed by atoms with Gasteiger partial charge in [0, 0.05) is 32.5 Å². The highest BCUT2D eigenvalue weighted by molar-refractivity contribution is 5.79. The minimum absolute atomic E-state index is 0.114. The molecule has 0 saturated heterocycles. The number of Topliss-reactive ketones (excluding diaryl/α,β-unsaturated/α-hetero) is 1. The van der Waals surface area contributed by atoms with Gasteiger partial charge in [-0.05, 0) is 25.7 Å². The first-order chi connectivity index (χ1) is 8.04. The van der Waals surface area contributed by atoms with Crippen LogP contribution in [0.1, 0.15) is 46.5 Å². The van der Waals surface area contributed by atoms with Crippen LogP contribution in [0.5, 0.6) is 0 Å². The fourth-order valence-electron chi connectivity index (χ4n) is 2.39. The van der Waals surface area contributed by atoms with Gasteiger partial charge in [0.2, 0.25) is 0 Å². The van der Waals surface area contributed by atoms with E-state index in [0.29, 0.717) is 24.5 Å². The molecule has 0 aliphatic heterocycles. The van der Waals surface area contributed by atoms with Gasteiger partial charge in [-0.2, -0.15) is 0 Å². The molecule has 0 aromatic heterocycles. The quantitative estimate of drug-likeness (QED) is 0.718. The maximum atomic E-state index is 11.5. The molecule has 0 heterocycles. The molecule has 1 saturated carbocycles. The summed E-state index contributed by atoms with van der Waals surface area (Å²) in [5, 5.41) is 0. The Hall–Kier alpha value is -0.410. The normalized spacial score (nSPS) is 27.5. The topological polar surface area (TPSA) is 35.5 Å². The summed E-state index contributed by atoms with van der Waals surface area (Å²) in [4.78, 5) is 11.5. The highest BCUT2D eigenvalue weighted by Gasteiger charge is 2.33. The number of hydrogen-bond donors (Lipinski definition) is 0. The third-order valence-electron chi connectivity index (χ3n) is 3.63. The summed E-state index contributed by atoms with van der Waals surface area (Å²) in [6, 6.07) is 0. The van der Waals surface area contributed by atoms with Crippen molar-refractivity contribution >= 4 is 5.78 Å². The van der Waals surface area contributed by atoms with Gasteiger partial charge >= 0.3 is 0 Å². The van der Waals surface area contributed by atoms with Gasteiger partial charge in [0.1, 0.15) is 5.78 Å². The Bertz CT molecular complexity index is 238. The van der Waals surface area contributed by atoms with E-state index in [9.17, 15) is 4.79 Å². The molecule has 0 radical (unpaired) electrons. The van der Waals surface area contributed by atoms with Crippen LogP contribution >= 0.6 is 0 Å². The van der Waals surface area contributed by atoms with E-state index < -0.39 is 0 Å². The van der Waals surface area contributed by atoms with Gasteiger partial charge in [-0.1, -0.05) is 13.8 Å². The fraction of sp³-hybridized carbons (Fsp3) is 0.929. The predicted molar refractivity (Wildman–Crippen MR) is 68.0 cm³/mol. The lowest BCUT2D eigenvalue weighted by Gasteiger charge is -2.33. The van der Waals surface area contributed by atoms with Gasteiger partial charge in [0.05, 0.1) is 12.2 Å². The number of hydrogen-bond acceptors (Lipinski definition) is 3. The Labute approximate surface area is 105 Å². The van der Waals surface area contributed by atoms with Gasteiger partial charge in [0.15, 0.2) is 0 Å². The summed E-state index contributed by atoms with van der Waals surface area (Å²) in [7, 11) is 1.73. The van der Waals surface area contributed by atoms with Crippen LogP contribution in [0.15, 0.2) is 0 Å². The Balaban J connectivity index is 2.41. The van der Waals surface area contributed by atoms with Crippen molar-refractivity contribution in [2.75, 3.05) is 13.7 Å². The summed E-state index contributed by atoms with van der Waals surface area (Å²) in [6.07, 6.45) is 3.49. The molecule has 3 atom stereocenters. The second kappa shape index (κ2) is 7.12. The molecule has 3 heteroatoms. The number of carbonyl (C=O) groups is 1. The van der Waals surface area contributed by atoms with Crippen molar-refractivity contribution in [2.45, 2.75) is 58.7 Å². The van der Waals surface area contributed by atoms with Gasteiger partial charge in [-0.15, -0.1) is 0 Å². The van der Waals surface area contributed by atoms with Crippen LogP contribution in [-0.2, 0) is 14.3 Å². The SMILES string of the molecule is COC1CCC(=O)CC1C(C)OCCC(C)C. The fourth-order valence-corrected chi connectivity index (χ4v) is 2.39. The van der Waals surface area contributed by atoms with Crippen LogP contribution in [0, 0.1) is 11.8 Å². The first-order valence-electron chi connectivity index (χ1n) is 6.70. The maximum Gasteiger partial charge on any atom is 0.133 e. The number of carbonyl (C=O) groups excluding carboxylic acids is 1. The zero-order valence-electron chi connectivity index (χ0n) is 11.6. The number of ether oxygens (including phenoxy) is 2. The highest BCUT2D eigenvalue weighted by atomic mass is 16.5. The first kappa shape index (κ1) is 14.7. The molecule has 1 rings (SSSR count). The van der Waals surface area contributed by atoms with Crippen molar-refractivity contribution in [2.24, 2.45) is 11.8 Å². The van der Waals surface area contributed by atoms with Crippen LogP contribution < -0.4 is 0 Å². The third-order valence-corrected chi connectivity index (χ3v) is 3.63. The van der Waals surface area contributed by atoms with Crippen LogP contribution in [0.2, 0.25) is 0 Å². The van der Waals surface area contributed by atoms with E-state index >= 15 is 0 Å². The molecule has 0 spiro atoms. The smallest absolute Gasteiger partial charge is 0.133 e. The average Bonchev–Trinajstić information content (AvgIpc) is 2.28. The van der Waals surface area contributed by atoms with Gasteiger partial charge in [-0.25, -0.2) is 0 Å². The second-order valence-electron chi connectivity index (χ2n) is 5.48. The van der Waals surface area contributed by atoms with Crippen molar-refractivity contribution < 1.29 is 14.3 Å². The molecule has 0 bridgehead atoms. The van der Waals surface area contributed by atoms with Crippen molar-refractivity contribution in [3.05, 3.63) is 0 Å². The Morgan fingerprint density at radius 1 is 1.35 bits per heavy atom. The summed E-state index contributed by atoms with van der Waals surface area (Å²) in [6.45, 7) is 7.22. The van der Waals surface area contributed by atoms with Crippen LogP contribution in [0.25, 0.3) is 0 Å². The second-order valence-corrected chi connectivity index (χ2v) is 5.48. The summed E-state index contributed by atoms with van der Waals surface area (Å²) in [5.41, 5.74) is 0. The molecule has 0 N–H and O–H groups in total. The van der Waals surface area contributed by atoms with Crippen molar-refractivity contribution in [3.63, 3.8) is 0 Å². The molecule has 1 aliphatic carbocycles. The van der Waals surface area contributed by atoms with E-state index in [0.717, 1.165) is 19.4 Å². The summed E-state index contributed by atoms with van der Waals surface area (Å²) in [5.74, 6) is 1.24. The predicted octanol–water partition coefficient (Wildman–Crippen LogP) is 2.82. The molecule has 100 valence electrons. The first-order valence-corrected chi connectivity index (χ1v) is 6.70. The molecule has 0 aromatic carbocycles. The average molecular weight is 242 g/mol. The largest absolute Gasteiger partial charge is 0.381 e. The molecule has 0 amide bonds. The van der Waals surface area contributed by atoms with Crippen molar-refractivity contribution in [1.82, 2.24) is 0 Å². The van der Waals surface area contributed by atoms with Crippen LogP contribution in [0.3, 0.4) is 0 Å². The van der Waals surface area contributed by atoms with E-state index in [4.69, 9.17) is 9.47 Å². The number of ketones is 1. The van der Waals surface area contributed by atoms with Gasteiger partial charge in [0.25, 0.3) is 0 Å². The minimum Gasteiger partial charge on any atom is -0.381 e. The number of methoxy groups -OCH3 is 1. The summed E-state index contributed by atoms with van der Waals surface area (Å²) < 4.78 is 11.3. The maximum absolute atomic E-state index is 11.5. The lowest BCUT2D eigenvalue weighted by atomic mass is 9.82. The van der Waals surface area contributed by atoms with Crippen molar-refractivity contribution in [3.8, 4) is 0 Å². The number of rotatable bonds is 6. The Morgan fingerprint density at radius 3 is 2.65 bits per heavy atom. The standard InChI is InChI=1S/C14H26O3/c1-10(2)7-8-17-11(3)13-9-12(15)5-6-14(13)16-4/h10-11,13-14H,5-9H2,1-4H3. The van der Waals surface area contributed by atoms with E-state index in [1.807, 2.05) is 0 Å².